The van der Waals surface area contributed by atoms with E-state index in [9.17, 15) is 19.2 Å². The number of cyclic esters (lactones) is 2. The van der Waals surface area contributed by atoms with Crippen molar-refractivity contribution in [2.24, 2.45) is 0 Å². The highest BCUT2D eigenvalue weighted by Crippen LogP contribution is 2.22. The first-order valence-corrected chi connectivity index (χ1v) is 7.43. The van der Waals surface area contributed by atoms with E-state index in [0.717, 1.165) is 0 Å². The molecule has 1 aliphatic heterocycles. The third kappa shape index (κ3) is 3.31. The van der Waals surface area contributed by atoms with Gasteiger partial charge in [0, 0.05) is 0 Å². The predicted octanol–water partition coefficient (Wildman–Crippen LogP) is 2.11. The van der Waals surface area contributed by atoms with Crippen LogP contribution in [0.15, 0.2) is 36.4 Å². The number of fused-ring (bicyclic) bond motifs is 1. The molecular formula is C18H12O8. The molecule has 8 nitrogen and oxygen atoms in total. The molecule has 1 aliphatic rings. The molecule has 2 aromatic carbocycles. The summed E-state index contributed by atoms with van der Waals surface area (Å²) in [6.45, 7) is 0.151. The first kappa shape index (κ1) is 17.3. The fourth-order valence-corrected chi connectivity index (χ4v) is 2.55. The maximum absolute atomic E-state index is 11.5. The smallest absolute Gasteiger partial charge is 0.346 e. The summed E-state index contributed by atoms with van der Waals surface area (Å²) in [5.74, 6) is -4.06. The van der Waals surface area contributed by atoms with E-state index in [1.807, 2.05) is 0 Å². The third-order valence-electron chi connectivity index (χ3n) is 3.79. The number of aromatic carboxylic acids is 2. The first-order valence-electron chi connectivity index (χ1n) is 7.43. The van der Waals surface area contributed by atoms with E-state index in [0.29, 0.717) is 11.1 Å². The summed E-state index contributed by atoms with van der Waals surface area (Å²) in [6.07, 6.45) is 0. The number of carboxylic acids is 2. The van der Waals surface area contributed by atoms with E-state index in [-0.39, 0.29) is 35.5 Å². The normalized spacial score (nSPS) is 12.6. The Morgan fingerprint density at radius 3 is 2.04 bits per heavy atom. The van der Waals surface area contributed by atoms with Gasteiger partial charge >= 0.3 is 23.9 Å². The van der Waals surface area contributed by atoms with E-state index in [2.05, 4.69) is 4.74 Å². The summed E-state index contributed by atoms with van der Waals surface area (Å²) in [5.41, 5.74) is 0.879. The van der Waals surface area contributed by atoms with Crippen molar-refractivity contribution in [1.82, 2.24) is 0 Å². The van der Waals surface area contributed by atoms with Crippen LogP contribution in [0, 0.1) is 0 Å². The van der Waals surface area contributed by atoms with Crippen molar-refractivity contribution in [2.45, 2.75) is 13.2 Å². The Hall–Kier alpha value is -3.52. The van der Waals surface area contributed by atoms with Crippen LogP contribution in [0.4, 0.5) is 0 Å². The van der Waals surface area contributed by atoms with E-state index in [1.165, 1.54) is 30.3 Å². The fourth-order valence-electron chi connectivity index (χ4n) is 2.55. The van der Waals surface area contributed by atoms with Gasteiger partial charge in [-0.05, 0) is 35.4 Å². The van der Waals surface area contributed by atoms with Gasteiger partial charge in [0.15, 0.2) is 0 Å². The van der Waals surface area contributed by atoms with Gasteiger partial charge in [-0.3, -0.25) is 0 Å². The molecule has 0 fully saturated rings. The van der Waals surface area contributed by atoms with Gasteiger partial charge in [-0.25, -0.2) is 19.2 Å². The van der Waals surface area contributed by atoms with Gasteiger partial charge in [0.05, 0.1) is 35.5 Å². The lowest BCUT2D eigenvalue weighted by Gasteiger charge is -2.08. The van der Waals surface area contributed by atoms with Crippen molar-refractivity contribution < 1.29 is 38.9 Å². The second-order valence-electron chi connectivity index (χ2n) is 5.54. The molecule has 0 bridgehead atoms. The molecule has 0 spiro atoms. The fraction of sp³-hybridized carbons (Fsp3) is 0.111. The molecule has 1 heterocycles. The van der Waals surface area contributed by atoms with Gasteiger partial charge in [0.2, 0.25) is 0 Å². The summed E-state index contributed by atoms with van der Waals surface area (Å²) < 4.78 is 9.99. The number of carboxylic acid groups (broad SMARTS) is 2. The molecular weight excluding hydrogens is 344 g/mol. The van der Waals surface area contributed by atoms with Crippen LogP contribution in [-0.4, -0.2) is 34.1 Å². The standard InChI is InChI=1S/C18H12O8/c19-15(20)11-3-1-9(5-13(11)16(21)22)7-25-8-10-2-4-12-14(6-10)18(24)26-17(12)23/h1-6H,7-8H2,(H,19,20)(H,21,22). The molecule has 0 saturated heterocycles. The molecule has 0 saturated carbocycles. The molecule has 2 N–H and O–H groups in total. The summed E-state index contributed by atoms with van der Waals surface area (Å²) in [6, 6.07) is 8.51. The van der Waals surface area contributed by atoms with E-state index in [4.69, 9.17) is 14.9 Å². The number of hydrogen-bond acceptors (Lipinski definition) is 6. The minimum absolute atomic E-state index is 0.0423. The van der Waals surface area contributed by atoms with Crippen LogP contribution in [0.5, 0.6) is 0 Å². The van der Waals surface area contributed by atoms with Crippen molar-refractivity contribution in [3.05, 3.63) is 69.8 Å². The zero-order valence-electron chi connectivity index (χ0n) is 13.2. The lowest BCUT2D eigenvalue weighted by Crippen LogP contribution is -2.09. The van der Waals surface area contributed by atoms with Crippen LogP contribution >= 0.6 is 0 Å². The zero-order chi connectivity index (χ0) is 18.8. The van der Waals surface area contributed by atoms with Crippen LogP contribution in [0.2, 0.25) is 0 Å². The Kier molecular flexibility index (Phi) is 4.51. The summed E-state index contributed by atoms with van der Waals surface area (Å²) in [7, 11) is 0. The average Bonchev–Trinajstić information content (AvgIpc) is 2.88. The van der Waals surface area contributed by atoms with Gasteiger partial charge in [-0.15, -0.1) is 0 Å². The van der Waals surface area contributed by atoms with Crippen molar-refractivity contribution in [3.63, 3.8) is 0 Å². The SMILES string of the molecule is O=C(O)c1ccc(COCc2ccc3c(c2)C(=O)OC3=O)cc1C(=O)O. The number of esters is 2. The van der Waals surface area contributed by atoms with Crippen LogP contribution in [-0.2, 0) is 22.7 Å². The highest BCUT2D eigenvalue weighted by molar-refractivity contribution is 6.14. The topological polar surface area (TPSA) is 127 Å². The third-order valence-corrected chi connectivity index (χ3v) is 3.79. The number of carbonyl (C=O) groups excluding carboxylic acids is 2. The Bertz CT molecular complexity index is 944. The second-order valence-corrected chi connectivity index (χ2v) is 5.54. The Morgan fingerprint density at radius 1 is 0.808 bits per heavy atom. The van der Waals surface area contributed by atoms with Gasteiger partial charge in [-0.1, -0.05) is 12.1 Å². The van der Waals surface area contributed by atoms with Gasteiger partial charge in [0.1, 0.15) is 0 Å². The molecule has 0 atom stereocenters. The number of ether oxygens (including phenoxy) is 2. The first-order chi connectivity index (χ1) is 12.4. The zero-order valence-corrected chi connectivity index (χ0v) is 13.2. The summed E-state index contributed by atoms with van der Waals surface area (Å²) in [4.78, 5) is 45.1. The highest BCUT2D eigenvalue weighted by Gasteiger charge is 2.29. The molecule has 8 heteroatoms. The maximum atomic E-state index is 11.5. The lowest BCUT2D eigenvalue weighted by atomic mass is 10.0. The van der Waals surface area contributed by atoms with Crippen LogP contribution < -0.4 is 0 Å². The molecule has 0 radical (unpaired) electrons. The quantitative estimate of drug-likeness (QED) is 0.595. The van der Waals surface area contributed by atoms with Crippen molar-refractivity contribution in [3.8, 4) is 0 Å². The van der Waals surface area contributed by atoms with Crippen LogP contribution in [0.3, 0.4) is 0 Å². The molecule has 26 heavy (non-hydrogen) atoms. The van der Waals surface area contributed by atoms with Crippen molar-refractivity contribution in [1.29, 1.82) is 0 Å². The molecule has 132 valence electrons. The van der Waals surface area contributed by atoms with Crippen LogP contribution in [0.1, 0.15) is 52.6 Å². The van der Waals surface area contributed by atoms with E-state index < -0.39 is 23.9 Å². The Balaban J connectivity index is 1.69. The Labute approximate surface area is 146 Å². The Morgan fingerprint density at radius 2 is 1.38 bits per heavy atom. The van der Waals surface area contributed by atoms with Gasteiger partial charge in [-0.2, -0.15) is 0 Å². The number of carbonyl (C=O) groups is 4. The van der Waals surface area contributed by atoms with Gasteiger partial charge in [0.25, 0.3) is 0 Å². The summed E-state index contributed by atoms with van der Waals surface area (Å²) >= 11 is 0. The van der Waals surface area contributed by atoms with E-state index >= 15 is 0 Å². The van der Waals surface area contributed by atoms with Crippen molar-refractivity contribution >= 4 is 23.9 Å². The highest BCUT2D eigenvalue weighted by atomic mass is 16.6. The molecule has 0 amide bonds. The largest absolute Gasteiger partial charge is 0.478 e. The van der Waals surface area contributed by atoms with E-state index in [1.54, 1.807) is 6.07 Å². The van der Waals surface area contributed by atoms with Crippen molar-refractivity contribution in [2.75, 3.05) is 0 Å². The lowest BCUT2D eigenvalue weighted by molar-refractivity contribution is 0.0442. The van der Waals surface area contributed by atoms with Crippen LogP contribution in [0.25, 0.3) is 0 Å². The minimum Gasteiger partial charge on any atom is -0.478 e. The molecule has 2 aromatic rings. The average molecular weight is 356 g/mol. The second kappa shape index (κ2) is 6.77. The number of benzene rings is 2. The number of rotatable bonds is 6. The van der Waals surface area contributed by atoms with Gasteiger partial charge < -0.3 is 19.7 Å². The summed E-state index contributed by atoms with van der Waals surface area (Å²) in [5, 5.41) is 18.1. The maximum Gasteiger partial charge on any atom is 0.346 e. The monoisotopic (exact) mass is 356 g/mol. The number of hydrogen-bond donors (Lipinski definition) is 2. The molecule has 0 aliphatic carbocycles. The molecule has 0 aromatic heterocycles. The molecule has 3 rings (SSSR count). The predicted molar refractivity (Wildman–Crippen MR) is 85.0 cm³/mol. The minimum atomic E-state index is -1.34. The molecule has 0 unspecified atom stereocenters.